The maximum atomic E-state index is 5.07. The first-order valence-electron chi connectivity index (χ1n) is 5.32. The van der Waals surface area contributed by atoms with Gasteiger partial charge in [0.25, 0.3) is 0 Å². The van der Waals surface area contributed by atoms with Gasteiger partial charge in [0, 0.05) is 13.7 Å². The smallest absolute Gasteiger partial charge is 0.104 e. The summed E-state index contributed by atoms with van der Waals surface area (Å²) in [5, 5.41) is 0. The van der Waals surface area contributed by atoms with Crippen LogP contribution in [0.1, 0.15) is 11.4 Å². The number of aromatic amines is 1. The van der Waals surface area contributed by atoms with Crippen LogP contribution in [0.25, 0.3) is 11.0 Å². The Labute approximate surface area is 95.2 Å². The summed E-state index contributed by atoms with van der Waals surface area (Å²) in [7, 11) is 3.74. The van der Waals surface area contributed by atoms with Crippen molar-refractivity contribution in [1.82, 2.24) is 14.9 Å². The third-order valence-electron chi connectivity index (χ3n) is 2.47. The normalized spacial score (nSPS) is 11.5. The van der Waals surface area contributed by atoms with Gasteiger partial charge >= 0.3 is 0 Å². The lowest BCUT2D eigenvalue weighted by atomic mass is 10.2. The van der Waals surface area contributed by atoms with E-state index in [1.54, 1.807) is 7.11 Å². The third-order valence-corrected chi connectivity index (χ3v) is 2.47. The van der Waals surface area contributed by atoms with Crippen molar-refractivity contribution in [2.45, 2.75) is 13.5 Å². The van der Waals surface area contributed by atoms with Gasteiger partial charge in [0.2, 0.25) is 0 Å². The Kier molecular flexibility index (Phi) is 3.22. The van der Waals surface area contributed by atoms with Crippen LogP contribution in [-0.2, 0) is 11.3 Å². The molecule has 1 heterocycles. The quantitative estimate of drug-likeness (QED) is 0.799. The number of aromatic nitrogens is 2. The molecule has 0 aliphatic carbocycles. The van der Waals surface area contributed by atoms with Gasteiger partial charge in [-0.15, -0.1) is 0 Å². The molecular formula is C12H17N3O. The zero-order chi connectivity index (χ0) is 11.5. The highest BCUT2D eigenvalue weighted by Crippen LogP contribution is 2.14. The van der Waals surface area contributed by atoms with E-state index in [2.05, 4.69) is 33.1 Å². The summed E-state index contributed by atoms with van der Waals surface area (Å²) in [4.78, 5) is 9.73. The molecule has 16 heavy (non-hydrogen) atoms. The van der Waals surface area contributed by atoms with Crippen LogP contribution in [0.15, 0.2) is 18.2 Å². The van der Waals surface area contributed by atoms with Crippen molar-refractivity contribution >= 4 is 11.0 Å². The number of nitrogens with zero attached hydrogens (tertiary/aromatic N) is 2. The maximum Gasteiger partial charge on any atom is 0.104 e. The largest absolute Gasteiger partial charge is 0.369 e. The summed E-state index contributed by atoms with van der Waals surface area (Å²) in [6.45, 7) is 3.48. The summed E-state index contributed by atoms with van der Waals surface area (Å²) in [5.74, 6) is 0.956. The Morgan fingerprint density at radius 2 is 2.25 bits per heavy atom. The molecule has 0 atom stereocenters. The summed E-state index contributed by atoms with van der Waals surface area (Å²) >= 11 is 0. The second-order valence-electron chi connectivity index (χ2n) is 4.11. The highest BCUT2D eigenvalue weighted by atomic mass is 16.5. The number of H-pyrrole nitrogens is 1. The van der Waals surface area contributed by atoms with Crippen molar-refractivity contribution in [3.63, 3.8) is 0 Å². The molecule has 0 aliphatic rings. The second kappa shape index (κ2) is 4.63. The first-order chi connectivity index (χ1) is 7.69. The number of hydrogen-bond acceptors (Lipinski definition) is 3. The van der Waals surface area contributed by atoms with Crippen molar-refractivity contribution in [3.8, 4) is 0 Å². The lowest BCUT2D eigenvalue weighted by Crippen LogP contribution is -2.20. The molecule has 86 valence electrons. The van der Waals surface area contributed by atoms with Gasteiger partial charge in [0.05, 0.1) is 17.8 Å². The molecule has 1 N–H and O–H groups in total. The Morgan fingerprint density at radius 3 is 3.00 bits per heavy atom. The van der Waals surface area contributed by atoms with Crippen molar-refractivity contribution in [3.05, 3.63) is 29.6 Å². The van der Waals surface area contributed by atoms with Crippen molar-refractivity contribution in [1.29, 1.82) is 0 Å². The zero-order valence-corrected chi connectivity index (χ0v) is 9.95. The topological polar surface area (TPSA) is 41.1 Å². The Bertz CT molecular complexity index is 478. The van der Waals surface area contributed by atoms with Gasteiger partial charge < -0.3 is 9.72 Å². The molecule has 1 aromatic heterocycles. The fourth-order valence-electron chi connectivity index (χ4n) is 1.86. The number of hydrogen-bond donors (Lipinski definition) is 1. The third kappa shape index (κ3) is 2.40. The monoisotopic (exact) mass is 219 g/mol. The minimum absolute atomic E-state index is 0.639. The average molecular weight is 219 g/mol. The van der Waals surface area contributed by atoms with Crippen molar-refractivity contribution in [2.75, 3.05) is 20.9 Å². The Hall–Kier alpha value is -1.39. The van der Waals surface area contributed by atoms with Crippen LogP contribution < -0.4 is 0 Å². The van der Waals surface area contributed by atoms with Crippen LogP contribution in [-0.4, -0.2) is 35.8 Å². The minimum atomic E-state index is 0.639. The fourth-order valence-corrected chi connectivity index (χ4v) is 1.86. The zero-order valence-electron chi connectivity index (χ0n) is 9.95. The molecule has 0 bridgehead atoms. The van der Waals surface area contributed by atoms with Gasteiger partial charge in [0.1, 0.15) is 5.82 Å². The molecule has 0 unspecified atom stereocenters. The number of aryl methyl sites for hydroxylation is 1. The van der Waals surface area contributed by atoms with Crippen molar-refractivity contribution in [2.24, 2.45) is 0 Å². The molecule has 0 saturated heterocycles. The molecule has 2 aromatic rings. The summed E-state index contributed by atoms with van der Waals surface area (Å²) in [6.07, 6.45) is 0. The first kappa shape index (κ1) is 11.1. The second-order valence-corrected chi connectivity index (χ2v) is 4.11. The van der Waals surface area contributed by atoms with E-state index in [1.165, 1.54) is 5.56 Å². The highest BCUT2D eigenvalue weighted by molar-refractivity contribution is 5.75. The molecule has 0 saturated carbocycles. The van der Waals surface area contributed by atoms with E-state index in [0.717, 1.165) is 23.4 Å². The predicted molar refractivity (Wildman–Crippen MR) is 64.2 cm³/mol. The number of methoxy groups -OCH3 is 1. The van der Waals surface area contributed by atoms with E-state index in [4.69, 9.17) is 4.74 Å². The van der Waals surface area contributed by atoms with Gasteiger partial charge in [-0.2, -0.15) is 0 Å². The van der Waals surface area contributed by atoms with Gasteiger partial charge in [0.15, 0.2) is 0 Å². The highest BCUT2D eigenvalue weighted by Gasteiger charge is 2.03. The van der Waals surface area contributed by atoms with Crippen molar-refractivity contribution < 1.29 is 4.74 Å². The number of nitrogens with one attached hydrogen (secondary N) is 1. The van der Waals surface area contributed by atoms with Gasteiger partial charge in [-0.1, -0.05) is 6.07 Å². The standard InChI is InChI=1S/C12H17N3O/c1-9-13-11-5-4-10(6-12(11)14-9)7-15(2)8-16-3/h4-6H,7-8H2,1-3H3,(H,13,14). The SMILES string of the molecule is COCN(C)Cc1ccc2nc(C)[nH]c2c1. The summed E-state index contributed by atoms with van der Waals surface area (Å²) in [6, 6.07) is 6.30. The fraction of sp³-hybridized carbons (Fsp3) is 0.417. The number of rotatable bonds is 4. The van der Waals surface area contributed by atoms with E-state index < -0.39 is 0 Å². The molecule has 0 fully saturated rings. The van der Waals surface area contributed by atoms with Gasteiger partial charge in [-0.3, -0.25) is 4.90 Å². The summed E-state index contributed by atoms with van der Waals surface area (Å²) in [5.41, 5.74) is 3.38. The predicted octanol–water partition coefficient (Wildman–Crippen LogP) is 1.91. The molecule has 1 aromatic carbocycles. The number of ether oxygens (including phenoxy) is 1. The van der Waals surface area contributed by atoms with E-state index >= 15 is 0 Å². The van der Waals surface area contributed by atoms with Crippen LogP contribution in [0, 0.1) is 6.92 Å². The van der Waals surface area contributed by atoms with Gasteiger partial charge in [-0.25, -0.2) is 4.98 Å². The molecule has 0 spiro atoms. The first-order valence-corrected chi connectivity index (χ1v) is 5.32. The molecule has 0 radical (unpaired) electrons. The van der Waals surface area contributed by atoms with Crippen LogP contribution in [0.2, 0.25) is 0 Å². The minimum Gasteiger partial charge on any atom is -0.369 e. The Balaban J connectivity index is 2.18. The van der Waals surface area contributed by atoms with E-state index in [9.17, 15) is 0 Å². The molecule has 4 heteroatoms. The maximum absolute atomic E-state index is 5.07. The van der Waals surface area contributed by atoms with Crippen LogP contribution in [0.5, 0.6) is 0 Å². The molecular weight excluding hydrogens is 202 g/mol. The molecule has 0 aliphatic heterocycles. The molecule has 4 nitrogen and oxygen atoms in total. The van der Waals surface area contributed by atoms with Crippen LogP contribution in [0.4, 0.5) is 0 Å². The number of fused-ring (bicyclic) bond motifs is 1. The average Bonchev–Trinajstić information content (AvgIpc) is 2.57. The van der Waals surface area contributed by atoms with Crippen LogP contribution >= 0.6 is 0 Å². The van der Waals surface area contributed by atoms with E-state index in [-0.39, 0.29) is 0 Å². The number of benzene rings is 1. The van der Waals surface area contributed by atoms with E-state index in [0.29, 0.717) is 6.73 Å². The lowest BCUT2D eigenvalue weighted by Gasteiger charge is -2.14. The number of imidazole rings is 1. The van der Waals surface area contributed by atoms with E-state index in [1.807, 2.05) is 14.0 Å². The van der Waals surface area contributed by atoms with Crippen LogP contribution in [0.3, 0.4) is 0 Å². The Morgan fingerprint density at radius 1 is 1.44 bits per heavy atom. The molecule has 2 rings (SSSR count). The summed E-state index contributed by atoms with van der Waals surface area (Å²) < 4.78 is 5.07. The van der Waals surface area contributed by atoms with Gasteiger partial charge in [-0.05, 0) is 31.7 Å². The molecule has 0 amide bonds. The lowest BCUT2D eigenvalue weighted by molar-refractivity contribution is 0.0772.